The van der Waals surface area contributed by atoms with Crippen LogP contribution in [0.2, 0.25) is 0 Å². The Morgan fingerprint density at radius 3 is 2.76 bits per heavy atom. The van der Waals surface area contributed by atoms with E-state index in [1.165, 1.54) is 17.3 Å². The van der Waals surface area contributed by atoms with Gasteiger partial charge in [-0.1, -0.05) is 48.2 Å². The summed E-state index contributed by atoms with van der Waals surface area (Å²) in [5.74, 6) is 0.798. The zero-order valence-corrected chi connectivity index (χ0v) is 14.6. The molecule has 0 bridgehead atoms. The fraction of sp³-hybridized carbons (Fsp3) is 0.211. The average Bonchev–Trinajstić information content (AvgIpc) is 3.24. The van der Waals surface area contributed by atoms with Crippen molar-refractivity contribution in [1.82, 2.24) is 10.2 Å². The summed E-state index contributed by atoms with van der Waals surface area (Å²) in [5, 5.41) is 8.49. The van der Waals surface area contributed by atoms with Crippen LogP contribution in [0.1, 0.15) is 12.5 Å². The molecule has 4 rings (SSSR count). The Hall–Kier alpha value is -2.60. The molecular weight excluding hydrogens is 334 g/mol. The number of carbonyl (C=O) groups is 1. The normalized spacial score (nSPS) is 16.0. The lowest BCUT2D eigenvalue weighted by atomic mass is 10.1. The summed E-state index contributed by atoms with van der Waals surface area (Å²) in [5.41, 5.74) is 3.10. The number of fused-ring (bicyclic) bond motifs is 1. The van der Waals surface area contributed by atoms with Crippen molar-refractivity contribution in [3.63, 3.8) is 0 Å². The predicted octanol–water partition coefficient (Wildman–Crippen LogP) is 3.81. The van der Waals surface area contributed by atoms with Gasteiger partial charge in [-0.3, -0.25) is 4.79 Å². The number of para-hydroxylation sites is 1. The van der Waals surface area contributed by atoms with Gasteiger partial charge in [-0.05, 0) is 37.1 Å². The van der Waals surface area contributed by atoms with Gasteiger partial charge in [0.25, 0.3) is 5.22 Å². The van der Waals surface area contributed by atoms with E-state index in [1.54, 1.807) is 0 Å². The Morgan fingerprint density at radius 2 is 1.92 bits per heavy atom. The number of rotatable bonds is 4. The molecule has 0 aliphatic carbocycles. The van der Waals surface area contributed by atoms with E-state index in [9.17, 15) is 4.79 Å². The van der Waals surface area contributed by atoms with Crippen LogP contribution in [0.5, 0.6) is 0 Å². The van der Waals surface area contributed by atoms with Gasteiger partial charge in [0.1, 0.15) is 0 Å². The van der Waals surface area contributed by atoms with Gasteiger partial charge in [0.05, 0.1) is 5.75 Å². The lowest BCUT2D eigenvalue weighted by molar-refractivity contribution is -0.116. The molecular formula is C19H17N3O2S. The minimum absolute atomic E-state index is 0.0573. The molecule has 0 spiro atoms. The Morgan fingerprint density at radius 1 is 1.16 bits per heavy atom. The topological polar surface area (TPSA) is 59.2 Å². The Balaban J connectivity index is 1.44. The number of benzene rings is 2. The lowest BCUT2D eigenvalue weighted by Crippen LogP contribution is -2.36. The number of carbonyl (C=O) groups excluding carboxylic acids is 1. The van der Waals surface area contributed by atoms with Crippen LogP contribution in [-0.4, -0.2) is 27.9 Å². The van der Waals surface area contributed by atoms with Crippen LogP contribution in [0.25, 0.3) is 11.5 Å². The number of anilines is 1. The van der Waals surface area contributed by atoms with Crippen LogP contribution in [0.15, 0.2) is 64.2 Å². The van der Waals surface area contributed by atoms with E-state index >= 15 is 0 Å². The standard InChI is InChI=1S/C19H17N3O2S/c1-13-11-15-9-5-6-10-16(15)22(13)17(23)12-25-19-21-20-18(24-19)14-7-3-2-4-8-14/h2-10,13H,11-12H2,1H3/t13-/m0/s1. The van der Waals surface area contributed by atoms with Gasteiger partial charge >= 0.3 is 0 Å². The minimum Gasteiger partial charge on any atom is -0.411 e. The fourth-order valence-corrected chi connectivity index (χ4v) is 3.73. The molecule has 0 saturated carbocycles. The van der Waals surface area contributed by atoms with Crippen molar-refractivity contribution in [2.45, 2.75) is 24.6 Å². The van der Waals surface area contributed by atoms with Crippen molar-refractivity contribution >= 4 is 23.4 Å². The summed E-state index contributed by atoms with van der Waals surface area (Å²) in [6, 6.07) is 17.8. The maximum absolute atomic E-state index is 12.7. The van der Waals surface area contributed by atoms with E-state index in [4.69, 9.17) is 4.42 Å². The van der Waals surface area contributed by atoms with Gasteiger partial charge in [-0.25, -0.2) is 0 Å². The summed E-state index contributed by atoms with van der Waals surface area (Å²) in [6.07, 6.45) is 0.894. The molecule has 0 saturated heterocycles. The molecule has 0 fully saturated rings. The van der Waals surface area contributed by atoms with E-state index in [2.05, 4.69) is 23.2 Å². The second kappa shape index (κ2) is 6.72. The molecule has 1 aromatic heterocycles. The van der Waals surface area contributed by atoms with Gasteiger partial charge < -0.3 is 9.32 Å². The molecule has 3 aromatic rings. The number of amides is 1. The molecule has 0 unspecified atom stereocenters. The Labute approximate surface area is 150 Å². The average molecular weight is 351 g/mol. The van der Waals surface area contributed by atoms with Crippen LogP contribution in [0.3, 0.4) is 0 Å². The van der Waals surface area contributed by atoms with E-state index < -0.39 is 0 Å². The van der Waals surface area contributed by atoms with Gasteiger partial charge in [-0.15, -0.1) is 10.2 Å². The number of hydrogen-bond donors (Lipinski definition) is 0. The SMILES string of the molecule is C[C@H]1Cc2ccccc2N1C(=O)CSc1nnc(-c2ccccc2)o1. The van der Waals surface area contributed by atoms with Gasteiger partial charge in [0.15, 0.2) is 0 Å². The minimum atomic E-state index is 0.0573. The van der Waals surface area contributed by atoms with Crippen molar-refractivity contribution in [1.29, 1.82) is 0 Å². The van der Waals surface area contributed by atoms with E-state index in [0.29, 0.717) is 11.1 Å². The van der Waals surface area contributed by atoms with Crippen molar-refractivity contribution in [2.75, 3.05) is 10.7 Å². The summed E-state index contributed by atoms with van der Waals surface area (Å²) >= 11 is 1.28. The summed E-state index contributed by atoms with van der Waals surface area (Å²) in [7, 11) is 0. The monoisotopic (exact) mass is 351 g/mol. The highest BCUT2D eigenvalue weighted by Gasteiger charge is 2.30. The molecule has 1 aliphatic heterocycles. The molecule has 1 aliphatic rings. The van der Waals surface area contributed by atoms with Crippen molar-refractivity contribution < 1.29 is 9.21 Å². The first-order valence-corrected chi connectivity index (χ1v) is 9.12. The molecule has 2 heterocycles. The molecule has 0 radical (unpaired) electrons. The third-order valence-electron chi connectivity index (χ3n) is 4.22. The number of thioether (sulfide) groups is 1. The number of aromatic nitrogens is 2. The zero-order valence-electron chi connectivity index (χ0n) is 13.8. The van der Waals surface area contributed by atoms with Crippen LogP contribution in [0.4, 0.5) is 5.69 Å². The van der Waals surface area contributed by atoms with Crippen molar-refractivity contribution in [2.24, 2.45) is 0 Å². The molecule has 5 nitrogen and oxygen atoms in total. The molecule has 0 N–H and O–H groups in total. The first-order chi connectivity index (χ1) is 12.2. The lowest BCUT2D eigenvalue weighted by Gasteiger charge is -2.22. The number of nitrogens with zero attached hydrogens (tertiary/aromatic N) is 3. The number of hydrogen-bond acceptors (Lipinski definition) is 5. The maximum Gasteiger partial charge on any atom is 0.277 e. The quantitative estimate of drug-likeness (QED) is 0.669. The van der Waals surface area contributed by atoms with Gasteiger partial charge in [0.2, 0.25) is 11.8 Å². The third-order valence-corrected chi connectivity index (χ3v) is 5.03. The second-order valence-corrected chi connectivity index (χ2v) is 6.90. The highest BCUT2D eigenvalue weighted by molar-refractivity contribution is 7.99. The van der Waals surface area contributed by atoms with Crippen molar-refractivity contribution in [3.05, 3.63) is 60.2 Å². The highest BCUT2D eigenvalue weighted by Crippen LogP contribution is 2.33. The van der Waals surface area contributed by atoms with Crippen LogP contribution >= 0.6 is 11.8 Å². The smallest absolute Gasteiger partial charge is 0.277 e. The molecule has 126 valence electrons. The van der Waals surface area contributed by atoms with Gasteiger partial charge in [0, 0.05) is 17.3 Å². The van der Waals surface area contributed by atoms with Crippen LogP contribution in [0, 0.1) is 0 Å². The summed E-state index contributed by atoms with van der Waals surface area (Å²) < 4.78 is 5.65. The molecule has 1 amide bonds. The second-order valence-electron chi connectivity index (χ2n) is 5.97. The summed E-state index contributed by atoms with van der Waals surface area (Å²) in [6.45, 7) is 2.07. The van der Waals surface area contributed by atoms with E-state index in [1.807, 2.05) is 53.4 Å². The third kappa shape index (κ3) is 3.17. The zero-order chi connectivity index (χ0) is 17.2. The molecule has 2 aromatic carbocycles. The van der Waals surface area contributed by atoms with E-state index in [0.717, 1.165) is 17.7 Å². The van der Waals surface area contributed by atoms with E-state index in [-0.39, 0.29) is 17.7 Å². The van der Waals surface area contributed by atoms with Crippen LogP contribution < -0.4 is 4.90 Å². The molecule has 6 heteroatoms. The molecule has 1 atom stereocenters. The largest absolute Gasteiger partial charge is 0.411 e. The predicted molar refractivity (Wildman–Crippen MR) is 97.6 cm³/mol. The fourth-order valence-electron chi connectivity index (χ4n) is 3.10. The maximum atomic E-state index is 12.7. The van der Waals surface area contributed by atoms with Crippen LogP contribution in [-0.2, 0) is 11.2 Å². The van der Waals surface area contributed by atoms with Crippen molar-refractivity contribution in [3.8, 4) is 11.5 Å². The molecule has 25 heavy (non-hydrogen) atoms. The first-order valence-electron chi connectivity index (χ1n) is 8.14. The van der Waals surface area contributed by atoms with Gasteiger partial charge in [-0.2, -0.15) is 0 Å². The summed E-state index contributed by atoms with van der Waals surface area (Å²) in [4.78, 5) is 14.6. The highest BCUT2D eigenvalue weighted by atomic mass is 32.2. The first kappa shape index (κ1) is 15.9. The Kier molecular flexibility index (Phi) is 4.28. The Bertz CT molecular complexity index is 894.